The van der Waals surface area contributed by atoms with Gasteiger partial charge in [-0.05, 0) is 24.6 Å². The van der Waals surface area contributed by atoms with E-state index in [0.717, 1.165) is 10.0 Å². The number of benzene rings is 1. The number of hydrogen-bond acceptors (Lipinski definition) is 4. The molecule has 0 radical (unpaired) electrons. The summed E-state index contributed by atoms with van der Waals surface area (Å²) in [5.74, 6) is -0.0813. The van der Waals surface area contributed by atoms with Crippen molar-refractivity contribution in [2.24, 2.45) is 11.1 Å². The molecule has 20 heavy (non-hydrogen) atoms. The average molecular weight is 362 g/mol. The molecule has 1 fully saturated rings. The highest BCUT2D eigenvalue weighted by molar-refractivity contribution is 9.10. The number of ether oxygens (including phenoxy) is 1. The number of hydrogen-bond donors (Lipinski definition) is 1. The van der Waals surface area contributed by atoms with Gasteiger partial charge in [0.05, 0.1) is 11.9 Å². The van der Waals surface area contributed by atoms with E-state index in [0.29, 0.717) is 19.8 Å². The molecule has 0 unspecified atom stereocenters. The van der Waals surface area contributed by atoms with Gasteiger partial charge in [0.15, 0.2) is 9.84 Å². The summed E-state index contributed by atoms with van der Waals surface area (Å²) in [6.07, 6.45) is 1.28. The van der Waals surface area contributed by atoms with Crippen LogP contribution in [-0.2, 0) is 14.6 Å². The van der Waals surface area contributed by atoms with Crippen molar-refractivity contribution < 1.29 is 13.2 Å². The van der Waals surface area contributed by atoms with Gasteiger partial charge in [-0.25, -0.2) is 8.42 Å². The summed E-state index contributed by atoms with van der Waals surface area (Å²) in [7, 11) is -3.16. The van der Waals surface area contributed by atoms with Crippen LogP contribution in [0, 0.1) is 5.41 Å². The maximum Gasteiger partial charge on any atom is 0.151 e. The molecule has 0 heterocycles. The standard InChI is InChI=1S/C14H20BrNO3S/c1-3-19-9-14(8-16)12(13(14)20(2,17)18)10-4-6-11(15)7-5-10/h4-7,12-13H,3,8-9,16H2,1-2H3/t12-,13+,14-/m1/s1. The van der Waals surface area contributed by atoms with Crippen molar-refractivity contribution in [2.75, 3.05) is 26.0 Å². The Balaban J connectivity index is 2.36. The molecule has 112 valence electrons. The number of sulfone groups is 1. The van der Waals surface area contributed by atoms with Gasteiger partial charge in [0.2, 0.25) is 0 Å². The first-order valence-corrected chi connectivity index (χ1v) is 9.33. The molecule has 6 heteroatoms. The van der Waals surface area contributed by atoms with Gasteiger partial charge in [-0.2, -0.15) is 0 Å². The lowest BCUT2D eigenvalue weighted by atomic mass is 10.00. The van der Waals surface area contributed by atoms with Crippen molar-refractivity contribution in [3.8, 4) is 0 Å². The Morgan fingerprint density at radius 1 is 1.35 bits per heavy atom. The Morgan fingerprint density at radius 2 is 1.95 bits per heavy atom. The van der Waals surface area contributed by atoms with E-state index in [9.17, 15) is 8.42 Å². The molecule has 0 aliphatic heterocycles. The molecule has 1 aliphatic rings. The molecule has 0 saturated heterocycles. The summed E-state index contributed by atoms with van der Waals surface area (Å²) >= 11 is 3.39. The van der Waals surface area contributed by atoms with Crippen molar-refractivity contribution >= 4 is 25.8 Å². The Kier molecular flexibility index (Phi) is 4.59. The first-order valence-electron chi connectivity index (χ1n) is 6.59. The molecular weight excluding hydrogens is 342 g/mol. The molecule has 2 N–H and O–H groups in total. The van der Waals surface area contributed by atoms with Crippen LogP contribution in [0.3, 0.4) is 0 Å². The van der Waals surface area contributed by atoms with Gasteiger partial charge in [0.25, 0.3) is 0 Å². The molecular formula is C14H20BrNO3S. The van der Waals surface area contributed by atoms with Gasteiger partial charge in [0, 0.05) is 35.2 Å². The molecule has 3 atom stereocenters. The zero-order valence-electron chi connectivity index (χ0n) is 11.7. The molecule has 1 aromatic carbocycles. The normalized spacial score (nSPS) is 29.4. The van der Waals surface area contributed by atoms with Crippen LogP contribution in [0.1, 0.15) is 18.4 Å². The van der Waals surface area contributed by atoms with Gasteiger partial charge in [-0.15, -0.1) is 0 Å². The van der Waals surface area contributed by atoms with Crippen molar-refractivity contribution in [2.45, 2.75) is 18.1 Å². The smallest absolute Gasteiger partial charge is 0.151 e. The Hall–Kier alpha value is -0.430. The number of nitrogens with two attached hydrogens (primary N) is 1. The number of halogens is 1. The van der Waals surface area contributed by atoms with E-state index in [4.69, 9.17) is 10.5 Å². The van der Waals surface area contributed by atoms with Crippen LogP contribution in [0.25, 0.3) is 0 Å². The first kappa shape index (κ1) is 15.9. The predicted octanol–water partition coefficient (Wildman–Crippen LogP) is 1.94. The summed E-state index contributed by atoms with van der Waals surface area (Å²) < 4.78 is 30.6. The molecule has 1 aliphatic carbocycles. The van der Waals surface area contributed by atoms with Crippen LogP contribution in [0.2, 0.25) is 0 Å². The fraction of sp³-hybridized carbons (Fsp3) is 0.571. The molecule has 2 rings (SSSR count). The third-order valence-corrected chi connectivity index (χ3v) is 6.22. The van der Waals surface area contributed by atoms with E-state index < -0.39 is 20.5 Å². The SMILES string of the molecule is CCOC[C@]1(CN)[C@H](c2ccc(Br)cc2)[C@@H]1S(C)(=O)=O. The predicted molar refractivity (Wildman–Crippen MR) is 83.5 cm³/mol. The quantitative estimate of drug-likeness (QED) is 0.840. The van der Waals surface area contributed by atoms with Crippen molar-refractivity contribution in [1.82, 2.24) is 0 Å². The maximum atomic E-state index is 12.1. The van der Waals surface area contributed by atoms with Gasteiger partial charge in [-0.1, -0.05) is 28.1 Å². The highest BCUT2D eigenvalue weighted by Gasteiger charge is 2.69. The Morgan fingerprint density at radius 3 is 2.40 bits per heavy atom. The second-order valence-corrected chi connectivity index (χ2v) is 8.44. The molecule has 0 amide bonds. The highest BCUT2D eigenvalue weighted by Crippen LogP contribution is 2.62. The van der Waals surface area contributed by atoms with Crippen LogP contribution in [0.4, 0.5) is 0 Å². The van der Waals surface area contributed by atoms with Crippen LogP contribution < -0.4 is 5.73 Å². The maximum absolute atomic E-state index is 12.1. The summed E-state index contributed by atoms with van der Waals surface area (Å²) in [4.78, 5) is 0. The lowest BCUT2D eigenvalue weighted by molar-refractivity contribution is 0.101. The number of rotatable bonds is 6. The first-order chi connectivity index (χ1) is 9.36. The van der Waals surface area contributed by atoms with Crippen molar-refractivity contribution in [1.29, 1.82) is 0 Å². The molecule has 0 bridgehead atoms. The van der Waals surface area contributed by atoms with Gasteiger partial charge in [-0.3, -0.25) is 0 Å². The summed E-state index contributed by atoms with van der Waals surface area (Å²) in [5.41, 5.74) is 6.42. The zero-order valence-corrected chi connectivity index (χ0v) is 14.1. The minimum Gasteiger partial charge on any atom is -0.381 e. The summed E-state index contributed by atoms with van der Waals surface area (Å²) in [6, 6.07) is 7.76. The minimum atomic E-state index is -3.16. The van der Waals surface area contributed by atoms with E-state index >= 15 is 0 Å². The third kappa shape index (κ3) is 2.79. The molecule has 4 nitrogen and oxygen atoms in total. The fourth-order valence-corrected chi connectivity index (χ4v) is 5.34. The summed E-state index contributed by atoms with van der Waals surface area (Å²) in [5, 5.41) is -0.451. The van der Waals surface area contributed by atoms with E-state index in [1.807, 2.05) is 31.2 Å². The molecule has 1 saturated carbocycles. The third-order valence-electron chi connectivity index (χ3n) is 4.02. The van der Waals surface area contributed by atoms with E-state index in [2.05, 4.69) is 15.9 Å². The summed E-state index contributed by atoms with van der Waals surface area (Å²) in [6.45, 7) is 3.16. The van der Waals surface area contributed by atoms with E-state index in [-0.39, 0.29) is 5.92 Å². The lowest BCUT2D eigenvalue weighted by Crippen LogP contribution is -2.28. The van der Waals surface area contributed by atoms with Crippen LogP contribution in [0.5, 0.6) is 0 Å². The fourth-order valence-electron chi connectivity index (χ4n) is 3.07. The second kappa shape index (κ2) is 5.75. The van der Waals surface area contributed by atoms with Crippen molar-refractivity contribution in [3.63, 3.8) is 0 Å². The second-order valence-electron chi connectivity index (χ2n) is 5.35. The van der Waals surface area contributed by atoms with Gasteiger partial charge >= 0.3 is 0 Å². The van der Waals surface area contributed by atoms with Crippen molar-refractivity contribution in [3.05, 3.63) is 34.3 Å². The monoisotopic (exact) mass is 361 g/mol. The topological polar surface area (TPSA) is 69.4 Å². The van der Waals surface area contributed by atoms with E-state index in [1.165, 1.54) is 6.26 Å². The van der Waals surface area contributed by atoms with Crippen LogP contribution in [0.15, 0.2) is 28.7 Å². The van der Waals surface area contributed by atoms with E-state index in [1.54, 1.807) is 0 Å². The van der Waals surface area contributed by atoms with Crippen LogP contribution >= 0.6 is 15.9 Å². The average Bonchev–Trinajstić information content (AvgIpc) is 3.07. The molecule has 0 spiro atoms. The van der Waals surface area contributed by atoms with Gasteiger partial charge < -0.3 is 10.5 Å². The van der Waals surface area contributed by atoms with Crippen LogP contribution in [-0.4, -0.2) is 39.7 Å². The highest BCUT2D eigenvalue weighted by atomic mass is 79.9. The molecule has 1 aromatic rings. The largest absolute Gasteiger partial charge is 0.381 e. The van der Waals surface area contributed by atoms with Gasteiger partial charge in [0.1, 0.15) is 0 Å². The zero-order chi connectivity index (χ0) is 15.0. The molecule has 0 aromatic heterocycles. The Bertz CT molecular complexity index is 573. The minimum absolute atomic E-state index is 0.0813. The lowest BCUT2D eigenvalue weighted by Gasteiger charge is -2.15. The Labute approximate surface area is 128 Å².